The fourth-order valence-corrected chi connectivity index (χ4v) is 4.32. The van der Waals surface area contributed by atoms with Gasteiger partial charge in [-0.2, -0.15) is 4.98 Å². The van der Waals surface area contributed by atoms with Gasteiger partial charge in [0.2, 0.25) is 5.95 Å². The van der Waals surface area contributed by atoms with Crippen LogP contribution >= 0.6 is 15.9 Å². The second-order valence-electron chi connectivity index (χ2n) is 7.94. The molecule has 1 aliphatic rings. The number of nitrogens with zero attached hydrogens (tertiary/aromatic N) is 2. The van der Waals surface area contributed by atoms with E-state index in [9.17, 15) is 0 Å². The maximum absolute atomic E-state index is 4.71. The van der Waals surface area contributed by atoms with E-state index >= 15 is 0 Å². The number of hydrogen-bond acceptors (Lipinski definition) is 5. The molecule has 0 saturated heterocycles. The molecule has 7 heteroatoms. The van der Waals surface area contributed by atoms with E-state index in [1.54, 1.807) is 6.20 Å². The minimum Gasteiger partial charge on any atom is -0.362 e. The fraction of sp³-hybridized carbons (Fsp3) is 0.200. The summed E-state index contributed by atoms with van der Waals surface area (Å²) in [6, 6.07) is 16.7. The van der Waals surface area contributed by atoms with Gasteiger partial charge in [-0.1, -0.05) is 36.4 Å². The van der Waals surface area contributed by atoms with Crippen molar-refractivity contribution < 1.29 is 0 Å². The number of rotatable bonds is 6. The smallest absolute Gasteiger partial charge is 0.229 e. The van der Waals surface area contributed by atoms with E-state index in [1.807, 2.05) is 24.3 Å². The van der Waals surface area contributed by atoms with Crippen LogP contribution in [0.3, 0.4) is 0 Å². The molecule has 4 N–H and O–H groups in total. The molecule has 32 heavy (non-hydrogen) atoms. The molecule has 2 aromatic heterocycles. The molecule has 0 fully saturated rings. The number of H-pyrrole nitrogens is 1. The Morgan fingerprint density at radius 2 is 2.00 bits per heavy atom. The minimum atomic E-state index is 0.118. The van der Waals surface area contributed by atoms with Crippen molar-refractivity contribution in [2.75, 3.05) is 23.7 Å². The summed E-state index contributed by atoms with van der Waals surface area (Å²) < 4.78 is 0.826. The third-order valence-corrected chi connectivity index (χ3v) is 6.32. The molecule has 5 rings (SSSR count). The number of aromatic amines is 1. The van der Waals surface area contributed by atoms with Crippen molar-refractivity contribution in [3.05, 3.63) is 82.6 Å². The predicted octanol–water partition coefficient (Wildman–Crippen LogP) is 6.01. The first-order chi connectivity index (χ1) is 15.7. The number of benzene rings is 2. The monoisotopic (exact) mass is 488 g/mol. The maximum Gasteiger partial charge on any atom is 0.229 e. The van der Waals surface area contributed by atoms with Gasteiger partial charge in [0.05, 0.1) is 4.47 Å². The summed E-state index contributed by atoms with van der Waals surface area (Å²) in [5, 5.41) is 11.4. The zero-order chi connectivity index (χ0) is 21.9. The van der Waals surface area contributed by atoms with Crippen molar-refractivity contribution >= 4 is 49.9 Å². The number of hydrogen-bond donors (Lipinski definition) is 4. The van der Waals surface area contributed by atoms with E-state index < -0.39 is 0 Å². The molecule has 0 spiro atoms. The molecule has 4 aromatic rings. The van der Waals surface area contributed by atoms with Crippen molar-refractivity contribution in [3.8, 4) is 0 Å². The summed E-state index contributed by atoms with van der Waals surface area (Å²) in [5.74, 6) is 1.30. The normalized spacial score (nSPS) is 14.8. The lowest BCUT2D eigenvalue weighted by atomic mass is 9.99. The molecule has 162 valence electrons. The molecular weight excluding hydrogens is 464 g/mol. The SMILES string of the molecule is C[C@H](Nc1nc(Nc2ccc3[nH]cc(C4=CCNCC4)c3c2)ncc1Br)c1ccccc1. The average molecular weight is 489 g/mol. The van der Waals surface area contributed by atoms with Gasteiger partial charge in [-0.15, -0.1) is 0 Å². The van der Waals surface area contributed by atoms with E-state index in [0.717, 1.165) is 41.0 Å². The summed E-state index contributed by atoms with van der Waals surface area (Å²) in [4.78, 5) is 12.6. The third kappa shape index (κ3) is 4.40. The summed E-state index contributed by atoms with van der Waals surface area (Å²) in [5.41, 5.74) is 5.93. The molecular formula is C25H25BrN6. The van der Waals surface area contributed by atoms with Crippen LogP contribution in [0.1, 0.15) is 30.5 Å². The lowest BCUT2D eigenvalue weighted by Crippen LogP contribution is -2.19. The Morgan fingerprint density at radius 3 is 2.81 bits per heavy atom. The Bertz CT molecular complexity index is 1260. The highest BCUT2D eigenvalue weighted by Crippen LogP contribution is 2.31. The number of fused-ring (bicyclic) bond motifs is 1. The van der Waals surface area contributed by atoms with Crippen molar-refractivity contribution in [2.45, 2.75) is 19.4 Å². The quantitative estimate of drug-likeness (QED) is 0.267. The average Bonchev–Trinajstić information content (AvgIpc) is 3.25. The minimum absolute atomic E-state index is 0.118. The van der Waals surface area contributed by atoms with Gasteiger partial charge >= 0.3 is 0 Å². The highest BCUT2D eigenvalue weighted by atomic mass is 79.9. The van der Waals surface area contributed by atoms with Crippen LogP contribution in [0, 0.1) is 0 Å². The zero-order valence-corrected chi connectivity index (χ0v) is 19.4. The van der Waals surface area contributed by atoms with E-state index in [-0.39, 0.29) is 6.04 Å². The second-order valence-corrected chi connectivity index (χ2v) is 8.79. The Morgan fingerprint density at radius 1 is 1.12 bits per heavy atom. The Hall–Kier alpha value is -3.16. The molecule has 0 bridgehead atoms. The van der Waals surface area contributed by atoms with Crippen molar-refractivity contribution in [1.29, 1.82) is 0 Å². The highest BCUT2D eigenvalue weighted by Gasteiger charge is 2.13. The number of aromatic nitrogens is 3. The van der Waals surface area contributed by atoms with Crippen LogP contribution in [-0.2, 0) is 0 Å². The summed E-state index contributed by atoms with van der Waals surface area (Å²) >= 11 is 3.57. The summed E-state index contributed by atoms with van der Waals surface area (Å²) in [6.45, 7) is 4.05. The van der Waals surface area contributed by atoms with Gasteiger partial charge in [0, 0.05) is 47.1 Å². The van der Waals surface area contributed by atoms with E-state index in [2.05, 4.69) is 85.3 Å². The van der Waals surface area contributed by atoms with E-state index in [0.29, 0.717) is 5.95 Å². The molecule has 0 radical (unpaired) electrons. The fourth-order valence-electron chi connectivity index (χ4n) is 4.02. The lowest BCUT2D eigenvalue weighted by Gasteiger charge is -2.17. The first kappa shape index (κ1) is 20.7. The molecule has 0 amide bonds. The number of halogens is 1. The van der Waals surface area contributed by atoms with Crippen LogP contribution < -0.4 is 16.0 Å². The van der Waals surface area contributed by atoms with E-state index in [4.69, 9.17) is 4.98 Å². The van der Waals surface area contributed by atoms with E-state index in [1.165, 1.54) is 22.1 Å². The largest absolute Gasteiger partial charge is 0.362 e. The first-order valence-corrected chi connectivity index (χ1v) is 11.6. The predicted molar refractivity (Wildman–Crippen MR) is 135 cm³/mol. The van der Waals surface area contributed by atoms with Crippen molar-refractivity contribution in [2.24, 2.45) is 0 Å². The summed E-state index contributed by atoms with van der Waals surface area (Å²) in [6.07, 6.45) is 7.19. The third-order valence-electron chi connectivity index (χ3n) is 5.74. The van der Waals surface area contributed by atoms with Gasteiger partial charge in [0.1, 0.15) is 5.82 Å². The molecule has 3 heterocycles. The number of nitrogens with one attached hydrogen (secondary N) is 4. The summed E-state index contributed by atoms with van der Waals surface area (Å²) in [7, 11) is 0. The van der Waals surface area contributed by atoms with Gasteiger partial charge < -0.3 is 20.9 Å². The van der Waals surface area contributed by atoms with Crippen molar-refractivity contribution in [3.63, 3.8) is 0 Å². The Kier molecular flexibility index (Phi) is 5.92. The standard InChI is InChI=1S/C25H25BrN6/c1-16(17-5-3-2-4-6-17)30-24-22(26)15-29-25(32-24)31-19-7-8-23-20(13-19)21(14-28-23)18-9-11-27-12-10-18/h2-9,13-16,27-28H,10-12H2,1H3,(H2,29,30,31,32)/t16-/m0/s1. The van der Waals surface area contributed by atoms with Crippen LogP contribution in [0.2, 0.25) is 0 Å². The lowest BCUT2D eigenvalue weighted by molar-refractivity contribution is 0.739. The topological polar surface area (TPSA) is 77.7 Å². The first-order valence-electron chi connectivity index (χ1n) is 10.8. The van der Waals surface area contributed by atoms with Gasteiger partial charge in [0.25, 0.3) is 0 Å². The van der Waals surface area contributed by atoms with Crippen LogP contribution in [0.15, 0.2) is 71.5 Å². The second kappa shape index (κ2) is 9.14. The molecule has 0 aliphatic carbocycles. The van der Waals surface area contributed by atoms with Gasteiger partial charge in [-0.25, -0.2) is 4.98 Å². The van der Waals surface area contributed by atoms with Crippen LogP contribution in [-0.4, -0.2) is 28.0 Å². The molecule has 0 saturated carbocycles. The van der Waals surface area contributed by atoms with Gasteiger partial charge in [-0.05, 0) is 65.2 Å². The number of anilines is 3. The van der Waals surface area contributed by atoms with Crippen LogP contribution in [0.5, 0.6) is 0 Å². The molecule has 0 unspecified atom stereocenters. The Balaban J connectivity index is 1.39. The molecule has 1 aliphatic heterocycles. The van der Waals surface area contributed by atoms with Crippen molar-refractivity contribution in [1.82, 2.24) is 20.3 Å². The van der Waals surface area contributed by atoms with Crippen LogP contribution in [0.4, 0.5) is 17.5 Å². The highest BCUT2D eigenvalue weighted by molar-refractivity contribution is 9.10. The molecule has 1 atom stereocenters. The van der Waals surface area contributed by atoms with Gasteiger partial charge in [-0.3, -0.25) is 0 Å². The maximum atomic E-state index is 4.71. The molecule has 6 nitrogen and oxygen atoms in total. The zero-order valence-electron chi connectivity index (χ0n) is 17.8. The molecule has 2 aromatic carbocycles. The Labute approximate surface area is 195 Å². The van der Waals surface area contributed by atoms with Gasteiger partial charge in [0.15, 0.2) is 0 Å². The van der Waals surface area contributed by atoms with Crippen LogP contribution in [0.25, 0.3) is 16.5 Å².